The largest absolute Gasteiger partial charge is 0.364 e. The van der Waals surface area contributed by atoms with Gasteiger partial charge in [0.2, 0.25) is 0 Å². The average molecular weight is 234 g/mol. The van der Waals surface area contributed by atoms with E-state index in [0.29, 0.717) is 22.7 Å². The molecule has 2 rings (SSSR count). The first-order valence-corrected chi connectivity index (χ1v) is 6.65. The summed E-state index contributed by atoms with van der Waals surface area (Å²) in [5.74, 6) is 0.621. The summed E-state index contributed by atoms with van der Waals surface area (Å²) in [6.07, 6.45) is 7.30. The highest BCUT2D eigenvalue weighted by atomic mass is 32.2. The maximum absolute atomic E-state index is 8.95. The van der Waals surface area contributed by atoms with Crippen LogP contribution in [0.4, 0.5) is 5.82 Å². The van der Waals surface area contributed by atoms with Gasteiger partial charge < -0.3 is 5.32 Å². The number of aromatic nitrogens is 2. The monoisotopic (exact) mass is 234 g/mol. The smallest absolute Gasteiger partial charge is 0.166 e. The van der Waals surface area contributed by atoms with Crippen molar-refractivity contribution in [2.24, 2.45) is 0 Å². The number of nitrogens with one attached hydrogen (secondary N) is 1. The third kappa shape index (κ3) is 2.27. The molecule has 0 amide bonds. The van der Waals surface area contributed by atoms with Crippen molar-refractivity contribution in [3.8, 4) is 6.07 Å². The van der Waals surface area contributed by atoms with Crippen LogP contribution in [0.15, 0.2) is 12.3 Å². The van der Waals surface area contributed by atoms with Gasteiger partial charge in [0.25, 0.3) is 0 Å². The lowest BCUT2D eigenvalue weighted by Crippen LogP contribution is -2.26. The lowest BCUT2D eigenvalue weighted by atomic mass is 10.2. The molecular weight excluding hydrogens is 220 g/mol. The summed E-state index contributed by atoms with van der Waals surface area (Å²) in [7, 11) is 0. The zero-order valence-corrected chi connectivity index (χ0v) is 10.00. The molecule has 1 aliphatic carbocycles. The molecule has 1 aromatic heterocycles. The molecule has 1 aliphatic rings. The Morgan fingerprint density at radius 3 is 3.19 bits per heavy atom. The Hall–Kier alpha value is -1.28. The Morgan fingerprint density at radius 1 is 1.56 bits per heavy atom. The molecule has 2 atom stereocenters. The summed E-state index contributed by atoms with van der Waals surface area (Å²) in [5.41, 5.74) is 0.571. The first kappa shape index (κ1) is 11.2. The van der Waals surface area contributed by atoms with Gasteiger partial charge in [-0.05, 0) is 25.2 Å². The molecule has 1 fully saturated rings. The van der Waals surface area contributed by atoms with Crippen LogP contribution in [-0.2, 0) is 0 Å². The van der Waals surface area contributed by atoms with Crippen LogP contribution in [0.3, 0.4) is 0 Å². The van der Waals surface area contributed by atoms with Gasteiger partial charge in [-0.15, -0.1) is 5.10 Å². The molecule has 0 aromatic carbocycles. The molecule has 0 spiro atoms. The Labute approximate surface area is 99.5 Å². The zero-order valence-electron chi connectivity index (χ0n) is 9.18. The van der Waals surface area contributed by atoms with Crippen LogP contribution in [-0.4, -0.2) is 27.7 Å². The first-order chi connectivity index (χ1) is 7.85. The molecule has 0 saturated heterocycles. The van der Waals surface area contributed by atoms with Crippen LogP contribution in [0.25, 0.3) is 0 Å². The van der Waals surface area contributed by atoms with Crippen molar-refractivity contribution in [3.63, 3.8) is 0 Å². The van der Waals surface area contributed by atoms with Crippen LogP contribution in [0.1, 0.15) is 24.8 Å². The second kappa shape index (κ2) is 5.17. The van der Waals surface area contributed by atoms with E-state index in [1.165, 1.54) is 12.8 Å². The lowest BCUT2D eigenvalue weighted by Gasteiger charge is -2.19. The number of thioether (sulfide) groups is 1. The second-order valence-corrected chi connectivity index (χ2v) is 4.94. The van der Waals surface area contributed by atoms with E-state index in [4.69, 9.17) is 5.26 Å². The van der Waals surface area contributed by atoms with E-state index in [1.807, 2.05) is 11.8 Å². The van der Waals surface area contributed by atoms with Gasteiger partial charge in [-0.2, -0.15) is 22.1 Å². The van der Waals surface area contributed by atoms with Crippen LogP contribution in [0, 0.1) is 11.3 Å². The second-order valence-electron chi connectivity index (χ2n) is 3.86. The average Bonchev–Trinajstić information content (AvgIpc) is 2.77. The predicted octanol–water partition coefficient (Wildman–Crippen LogP) is 2.04. The molecule has 1 N–H and O–H groups in total. The molecule has 5 heteroatoms. The minimum atomic E-state index is 0.416. The van der Waals surface area contributed by atoms with Crippen molar-refractivity contribution in [2.75, 3.05) is 11.6 Å². The van der Waals surface area contributed by atoms with E-state index >= 15 is 0 Å². The zero-order chi connectivity index (χ0) is 11.4. The standard InChI is InChI=1S/C11H14N4S/c1-16-10-4-2-3-9(10)14-11-8(7-12)5-6-13-15-11/h5-6,9-10H,2-4H2,1H3,(H,14,15). The Balaban J connectivity index is 2.12. The fourth-order valence-corrected chi connectivity index (χ4v) is 3.01. The van der Waals surface area contributed by atoms with Crippen LogP contribution < -0.4 is 5.32 Å². The highest BCUT2D eigenvalue weighted by Crippen LogP contribution is 2.30. The first-order valence-electron chi connectivity index (χ1n) is 5.36. The number of rotatable bonds is 3. The van der Waals surface area contributed by atoms with Crippen molar-refractivity contribution in [3.05, 3.63) is 17.8 Å². The topological polar surface area (TPSA) is 61.6 Å². The van der Waals surface area contributed by atoms with Crippen molar-refractivity contribution >= 4 is 17.6 Å². The van der Waals surface area contributed by atoms with Gasteiger partial charge in [-0.25, -0.2) is 0 Å². The Bertz CT molecular complexity index is 401. The molecule has 0 radical (unpaired) electrons. The highest BCUT2D eigenvalue weighted by molar-refractivity contribution is 7.99. The van der Waals surface area contributed by atoms with E-state index in [9.17, 15) is 0 Å². The quantitative estimate of drug-likeness (QED) is 0.867. The molecular formula is C11H14N4S. The normalized spacial score (nSPS) is 24.0. The fourth-order valence-electron chi connectivity index (χ4n) is 2.08. The third-order valence-corrected chi connectivity index (χ3v) is 4.09. The molecule has 16 heavy (non-hydrogen) atoms. The Kier molecular flexibility index (Phi) is 3.62. The van der Waals surface area contributed by atoms with Gasteiger partial charge in [-0.1, -0.05) is 6.42 Å². The molecule has 1 aromatic rings. The fraction of sp³-hybridized carbons (Fsp3) is 0.545. The SMILES string of the molecule is CSC1CCCC1Nc1nnccc1C#N. The molecule has 0 bridgehead atoms. The minimum absolute atomic E-state index is 0.416. The summed E-state index contributed by atoms with van der Waals surface area (Å²) in [5, 5.41) is 20.7. The number of hydrogen-bond donors (Lipinski definition) is 1. The maximum atomic E-state index is 8.95. The molecule has 1 heterocycles. The van der Waals surface area contributed by atoms with Crippen molar-refractivity contribution in [1.29, 1.82) is 5.26 Å². The van der Waals surface area contributed by atoms with Gasteiger partial charge in [0.15, 0.2) is 5.82 Å². The molecule has 4 nitrogen and oxygen atoms in total. The van der Waals surface area contributed by atoms with Gasteiger partial charge in [-0.3, -0.25) is 0 Å². The van der Waals surface area contributed by atoms with Crippen molar-refractivity contribution in [1.82, 2.24) is 10.2 Å². The van der Waals surface area contributed by atoms with E-state index < -0.39 is 0 Å². The number of anilines is 1. The van der Waals surface area contributed by atoms with E-state index in [-0.39, 0.29) is 0 Å². The van der Waals surface area contributed by atoms with Gasteiger partial charge >= 0.3 is 0 Å². The third-order valence-electron chi connectivity index (χ3n) is 2.92. The summed E-state index contributed by atoms with van der Waals surface area (Å²) in [4.78, 5) is 0. The predicted molar refractivity (Wildman–Crippen MR) is 65.3 cm³/mol. The Morgan fingerprint density at radius 2 is 2.44 bits per heavy atom. The van der Waals surface area contributed by atoms with Crippen LogP contribution >= 0.6 is 11.8 Å². The number of hydrogen-bond acceptors (Lipinski definition) is 5. The van der Waals surface area contributed by atoms with Crippen LogP contribution in [0.5, 0.6) is 0 Å². The van der Waals surface area contributed by atoms with E-state index in [2.05, 4.69) is 27.8 Å². The van der Waals surface area contributed by atoms with Crippen molar-refractivity contribution in [2.45, 2.75) is 30.6 Å². The highest BCUT2D eigenvalue weighted by Gasteiger charge is 2.27. The number of nitriles is 1. The summed E-state index contributed by atoms with van der Waals surface area (Å²) in [6, 6.07) is 4.24. The molecule has 0 aliphatic heterocycles. The molecule has 2 unspecified atom stereocenters. The lowest BCUT2D eigenvalue weighted by molar-refractivity contribution is 0.758. The summed E-state index contributed by atoms with van der Waals surface area (Å²) >= 11 is 1.88. The van der Waals surface area contributed by atoms with Gasteiger partial charge in [0.05, 0.1) is 11.8 Å². The molecule has 1 saturated carbocycles. The van der Waals surface area contributed by atoms with Gasteiger partial charge in [0, 0.05) is 11.3 Å². The summed E-state index contributed by atoms with van der Waals surface area (Å²) in [6.45, 7) is 0. The number of nitrogens with zero attached hydrogens (tertiary/aromatic N) is 3. The van der Waals surface area contributed by atoms with Crippen molar-refractivity contribution < 1.29 is 0 Å². The maximum Gasteiger partial charge on any atom is 0.166 e. The van der Waals surface area contributed by atoms with E-state index in [0.717, 1.165) is 6.42 Å². The van der Waals surface area contributed by atoms with Crippen LogP contribution in [0.2, 0.25) is 0 Å². The molecule has 84 valence electrons. The minimum Gasteiger partial charge on any atom is -0.364 e. The van der Waals surface area contributed by atoms with Gasteiger partial charge in [0.1, 0.15) is 6.07 Å². The van der Waals surface area contributed by atoms with E-state index in [1.54, 1.807) is 12.3 Å². The summed E-state index contributed by atoms with van der Waals surface area (Å²) < 4.78 is 0.